The number of nitrogens with zero attached hydrogens (tertiary/aromatic N) is 2. The predicted molar refractivity (Wildman–Crippen MR) is 112 cm³/mol. The molecule has 0 unspecified atom stereocenters. The highest BCUT2D eigenvalue weighted by Crippen LogP contribution is 2.10. The van der Waals surface area contributed by atoms with Gasteiger partial charge in [0.05, 0.1) is 13.0 Å². The standard InChI is InChI=1S/C23H26FN3O3/c1-16-11-17(2)13-19(12-16)23(30)25-15-22(29)27-9-7-26(8-10-27)21(28)14-18-3-5-20(24)6-4-18/h3-6,11-13H,7-10,14-15H2,1-2H3,(H,25,30). The molecule has 1 fully saturated rings. The van der Waals surface area contributed by atoms with E-state index >= 15 is 0 Å². The Morgan fingerprint density at radius 2 is 1.40 bits per heavy atom. The van der Waals surface area contributed by atoms with Crippen molar-refractivity contribution in [3.8, 4) is 0 Å². The molecule has 0 saturated carbocycles. The molecule has 0 radical (unpaired) electrons. The van der Waals surface area contributed by atoms with Gasteiger partial charge in [-0.25, -0.2) is 4.39 Å². The molecule has 1 N–H and O–H groups in total. The molecule has 1 heterocycles. The van der Waals surface area contributed by atoms with E-state index in [0.29, 0.717) is 31.7 Å². The fourth-order valence-electron chi connectivity index (χ4n) is 3.57. The smallest absolute Gasteiger partial charge is 0.251 e. The number of hydrogen-bond acceptors (Lipinski definition) is 3. The molecule has 0 aromatic heterocycles. The Hall–Kier alpha value is -3.22. The molecule has 2 aromatic carbocycles. The Bertz CT molecular complexity index is 915. The zero-order chi connectivity index (χ0) is 21.7. The van der Waals surface area contributed by atoms with Crippen molar-refractivity contribution in [3.63, 3.8) is 0 Å². The number of piperazine rings is 1. The molecule has 3 rings (SSSR count). The van der Waals surface area contributed by atoms with Gasteiger partial charge in [-0.3, -0.25) is 14.4 Å². The van der Waals surface area contributed by atoms with Crippen LogP contribution >= 0.6 is 0 Å². The fraction of sp³-hybridized carbons (Fsp3) is 0.348. The Labute approximate surface area is 175 Å². The average Bonchev–Trinajstić information content (AvgIpc) is 2.72. The van der Waals surface area contributed by atoms with Crippen molar-refractivity contribution in [3.05, 3.63) is 70.5 Å². The van der Waals surface area contributed by atoms with E-state index in [-0.39, 0.29) is 36.5 Å². The summed E-state index contributed by atoms with van der Waals surface area (Å²) >= 11 is 0. The number of halogens is 1. The molecule has 158 valence electrons. The van der Waals surface area contributed by atoms with Crippen LogP contribution in [0.4, 0.5) is 4.39 Å². The lowest BCUT2D eigenvalue weighted by Crippen LogP contribution is -2.52. The van der Waals surface area contributed by atoms with E-state index in [0.717, 1.165) is 16.7 Å². The summed E-state index contributed by atoms with van der Waals surface area (Å²) in [5.41, 5.74) is 3.28. The van der Waals surface area contributed by atoms with Crippen LogP contribution in [0, 0.1) is 19.7 Å². The van der Waals surface area contributed by atoms with Crippen LogP contribution in [0.5, 0.6) is 0 Å². The van der Waals surface area contributed by atoms with E-state index in [1.54, 1.807) is 34.1 Å². The van der Waals surface area contributed by atoms with E-state index in [1.807, 2.05) is 19.9 Å². The van der Waals surface area contributed by atoms with Crippen LogP contribution < -0.4 is 5.32 Å². The van der Waals surface area contributed by atoms with Crippen molar-refractivity contribution in [2.24, 2.45) is 0 Å². The van der Waals surface area contributed by atoms with E-state index in [9.17, 15) is 18.8 Å². The lowest BCUT2D eigenvalue weighted by molar-refractivity contribution is -0.138. The van der Waals surface area contributed by atoms with E-state index in [2.05, 4.69) is 5.32 Å². The van der Waals surface area contributed by atoms with E-state index < -0.39 is 0 Å². The second kappa shape index (κ2) is 9.52. The molecule has 1 saturated heterocycles. The molecule has 30 heavy (non-hydrogen) atoms. The topological polar surface area (TPSA) is 69.7 Å². The molecule has 1 aliphatic rings. The van der Waals surface area contributed by atoms with Crippen LogP contribution in [0.3, 0.4) is 0 Å². The molecular weight excluding hydrogens is 385 g/mol. The summed E-state index contributed by atoms with van der Waals surface area (Å²) in [6, 6.07) is 11.4. The maximum Gasteiger partial charge on any atom is 0.251 e. The summed E-state index contributed by atoms with van der Waals surface area (Å²) in [4.78, 5) is 40.5. The Balaban J connectivity index is 1.45. The van der Waals surface area contributed by atoms with Gasteiger partial charge in [0.2, 0.25) is 11.8 Å². The highest BCUT2D eigenvalue weighted by molar-refractivity contribution is 5.96. The number of rotatable bonds is 5. The van der Waals surface area contributed by atoms with Gasteiger partial charge < -0.3 is 15.1 Å². The SMILES string of the molecule is Cc1cc(C)cc(C(=O)NCC(=O)N2CCN(C(=O)Cc3ccc(F)cc3)CC2)c1. The third-order valence-corrected chi connectivity index (χ3v) is 5.14. The lowest BCUT2D eigenvalue weighted by atomic mass is 10.1. The van der Waals surface area contributed by atoms with Crippen LogP contribution in [-0.2, 0) is 16.0 Å². The van der Waals surface area contributed by atoms with Crippen molar-refractivity contribution < 1.29 is 18.8 Å². The third-order valence-electron chi connectivity index (χ3n) is 5.14. The molecule has 3 amide bonds. The Kier molecular flexibility index (Phi) is 6.82. The number of nitrogens with one attached hydrogen (secondary N) is 1. The predicted octanol–water partition coefficient (Wildman–Crippen LogP) is 2.09. The zero-order valence-corrected chi connectivity index (χ0v) is 17.3. The van der Waals surface area contributed by atoms with Crippen molar-refractivity contribution in [2.75, 3.05) is 32.7 Å². The van der Waals surface area contributed by atoms with Gasteiger partial charge in [-0.05, 0) is 43.7 Å². The van der Waals surface area contributed by atoms with Crippen LogP contribution in [0.2, 0.25) is 0 Å². The third kappa shape index (κ3) is 5.65. The first-order valence-electron chi connectivity index (χ1n) is 9.98. The van der Waals surface area contributed by atoms with Crippen molar-refractivity contribution in [2.45, 2.75) is 20.3 Å². The highest BCUT2D eigenvalue weighted by Gasteiger charge is 2.24. The number of hydrogen-bond donors (Lipinski definition) is 1. The minimum atomic E-state index is -0.331. The van der Waals surface area contributed by atoms with Crippen LogP contribution in [0.15, 0.2) is 42.5 Å². The quantitative estimate of drug-likeness (QED) is 0.819. The van der Waals surface area contributed by atoms with E-state index in [1.165, 1.54) is 12.1 Å². The largest absolute Gasteiger partial charge is 0.343 e. The second-order valence-electron chi connectivity index (χ2n) is 7.62. The fourth-order valence-corrected chi connectivity index (χ4v) is 3.57. The van der Waals surface area contributed by atoms with Gasteiger partial charge in [0.25, 0.3) is 5.91 Å². The molecule has 0 atom stereocenters. The molecule has 2 aromatic rings. The minimum absolute atomic E-state index is 0.0446. The molecular formula is C23H26FN3O3. The van der Waals surface area contributed by atoms with Crippen LogP contribution in [0.1, 0.15) is 27.0 Å². The van der Waals surface area contributed by atoms with Gasteiger partial charge in [0.15, 0.2) is 0 Å². The maximum atomic E-state index is 13.0. The monoisotopic (exact) mass is 411 g/mol. The number of amides is 3. The lowest BCUT2D eigenvalue weighted by Gasteiger charge is -2.35. The van der Waals surface area contributed by atoms with Gasteiger partial charge in [-0.1, -0.05) is 29.3 Å². The molecule has 0 aliphatic carbocycles. The van der Waals surface area contributed by atoms with Crippen LogP contribution in [-0.4, -0.2) is 60.2 Å². The number of carbonyl (C=O) groups excluding carboxylic acids is 3. The van der Waals surface area contributed by atoms with Gasteiger partial charge in [-0.15, -0.1) is 0 Å². The Morgan fingerprint density at radius 1 is 0.867 bits per heavy atom. The minimum Gasteiger partial charge on any atom is -0.343 e. The van der Waals surface area contributed by atoms with Gasteiger partial charge in [-0.2, -0.15) is 0 Å². The van der Waals surface area contributed by atoms with Crippen molar-refractivity contribution >= 4 is 17.7 Å². The number of aryl methyl sites for hydroxylation is 2. The summed E-state index contributed by atoms with van der Waals surface area (Å²) in [5.74, 6) is -0.818. The summed E-state index contributed by atoms with van der Waals surface area (Å²) < 4.78 is 13.0. The van der Waals surface area contributed by atoms with E-state index in [4.69, 9.17) is 0 Å². The van der Waals surface area contributed by atoms with Gasteiger partial charge in [0.1, 0.15) is 5.82 Å². The average molecular weight is 411 g/mol. The first-order valence-corrected chi connectivity index (χ1v) is 9.98. The zero-order valence-electron chi connectivity index (χ0n) is 17.3. The molecule has 1 aliphatic heterocycles. The molecule has 0 spiro atoms. The maximum absolute atomic E-state index is 13.0. The van der Waals surface area contributed by atoms with Gasteiger partial charge in [0, 0.05) is 31.7 Å². The summed E-state index contributed by atoms with van der Waals surface area (Å²) in [7, 11) is 0. The highest BCUT2D eigenvalue weighted by atomic mass is 19.1. The Morgan fingerprint density at radius 3 is 1.97 bits per heavy atom. The first kappa shape index (κ1) is 21.5. The molecule has 0 bridgehead atoms. The van der Waals surface area contributed by atoms with Gasteiger partial charge >= 0.3 is 0 Å². The summed E-state index contributed by atoms with van der Waals surface area (Å²) in [6.07, 6.45) is 0.209. The molecule has 7 heteroatoms. The summed E-state index contributed by atoms with van der Waals surface area (Å²) in [5, 5.41) is 2.68. The van der Waals surface area contributed by atoms with Crippen molar-refractivity contribution in [1.29, 1.82) is 0 Å². The number of carbonyl (C=O) groups is 3. The first-order chi connectivity index (χ1) is 14.3. The van der Waals surface area contributed by atoms with Crippen LogP contribution in [0.25, 0.3) is 0 Å². The molecule has 6 nitrogen and oxygen atoms in total. The summed E-state index contributed by atoms with van der Waals surface area (Å²) in [6.45, 7) is 5.50. The second-order valence-corrected chi connectivity index (χ2v) is 7.62. The van der Waals surface area contributed by atoms with Crippen molar-refractivity contribution in [1.82, 2.24) is 15.1 Å². The number of benzene rings is 2. The normalized spacial score (nSPS) is 13.8.